The molecule has 1 aromatic rings. The van der Waals surface area contributed by atoms with Crippen LogP contribution < -0.4 is 5.32 Å². The predicted molar refractivity (Wildman–Crippen MR) is 67.4 cm³/mol. The van der Waals surface area contributed by atoms with Gasteiger partial charge in [-0.25, -0.2) is 0 Å². The highest BCUT2D eigenvalue weighted by Crippen LogP contribution is 2.17. The minimum absolute atomic E-state index is 0.0581. The molecule has 0 bridgehead atoms. The maximum atomic E-state index is 11.8. The number of hydrogen-bond donors (Lipinski definition) is 1. The lowest BCUT2D eigenvalue weighted by atomic mass is 10.2. The predicted octanol–water partition coefficient (Wildman–Crippen LogP) is 2.35. The lowest BCUT2D eigenvalue weighted by Crippen LogP contribution is -2.29. The molecule has 0 aromatic heterocycles. The fourth-order valence-corrected chi connectivity index (χ4v) is 1.50. The highest BCUT2D eigenvalue weighted by atomic mass is 16.6. The molecule has 1 rings (SSSR count). The molecule has 0 aliphatic rings. The molecule has 0 heterocycles. The Labute approximate surface area is 105 Å². The second-order valence-corrected chi connectivity index (χ2v) is 3.65. The molecule has 1 N–H and O–H groups in total. The van der Waals surface area contributed by atoms with Gasteiger partial charge in [-0.3, -0.25) is 14.9 Å². The number of carbonyl (C=O) groups excluding carboxylic acids is 1. The molecule has 1 unspecified atom stereocenters. The van der Waals surface area contributed by atoms with E-state index in [4.69, 9.17) is 4.74 Å². The van der Waals surface area contributed by atoms with Crippen LogP contribution in [0.2, 0.25) is 0 Å². The number of amides is 1. The molecule has 1 atom stereocenters. The van der Waals surface area contributed by atoms with Crippen molar-refractivity contribution >= 4 is 17.3 Å². The number of carbonyl (C=O) groups is 1. The molecule has 6 heteroatoms. The zero-order valence-corrected chi connectivity index (χ0v) is 10.4. The van der Waals surface area contributed by atoms with E-state index in [9.17, 15) is 14.9 Å². The zero-order valence-electron chi connectivity index (χ0n) is 10.4. The van der Waals surface area contributed by atoms with Crippen molar-refractivity contribution in [3.05, 3.63) is 34.4 Å². The lowest BCUT2D eigenvalue weighted by Gasteiger charge is -2.14. The lowest BCUT2D eigenvalue weighted by molar-refractivity contribution is -0.384. The van der Waals surface area contributed by atoms with E-state index in [2.05, 4.69) is 5.32 Å². The summed E-state index contributed by atoms with van der Waals surface area (Å²) in [6.07, 6.45) is 0.0171. The van der Waals surface area contributed by atoms with Crippen molar-refractivity contribution < 1.29 is 14.5 Å². The van der Waals surface area contributed by atoms with Gasteiger partial charge in [0.2, 0.25) is 0 Å². The summed E-state index contributed by atoms with van der Waals surface area (Å²) in [6.45, 7) is 4.09. The van der Waals surface area contributed by atoms with E-state index in [1.807, 2.05) is 13.8 Å². The van der Waals surface area contributed by atoms with Crippen molar-refractivity contribution in [2.45, 2.75) is 26.4 Å². The van der Waals surface area contributed by atoms with Gasteiger partial charge in [0, 0.05) is 24.4 Å². The summed E-state index contributed by atoms with van der Waals surface area (Å²) in [5.74, 6) is -0.292. The first-order valence-electron chi connectivity index (χ1n) is 5.75. The normalized spacial score (nSPS) is 11.9. The quantitative estimate of drug-likeness (QED) is 0.622. The second kappa shape index (κ2) is 6.70. The Balaban J connectivity index is 2.74. The van der Waals surface area contributed by atoms with Gasteiger partial charge < -0.3 is 10.1 Å². The minimum atomic E-state index is -0.533. The standard InChI is InChI=1S/C12H16N2O4/c1-3-11(18-4-2)12(15)13-9-6-5-7-10(8-9)14(16)17/h5-8,11H,3-4H2,1-2H3,(H,13,15). The van der Waals surface area contributed by atoms with E-state index in [1.165, 1.54) is 18.2 Å². The summed E-state index contributed by atoms with van der Waals surface area (Å²) in [5, 5.41) is 13.2. The van der Waals surface area contributed by atoms with Crippen molar-refractivity contribution in [3.8, 4) is 0 Å². The fourth-order valence-electron chi connectivity index (χ4n) is 1.50. The number of nitro benzene ring substituents is 1. The van der Waals surface area contributed by atoms with Crippen LogP contribution in [0.3, 0.4) is 0 Å². The zero-order chi connectivity index (χ0) is 13.5. The van der Waals surface area contributed by atoms with Gasteiger partial charge in [-0.15, -0.1) is 0 Å². The number of rotatable bonds is 6. The summed E-state index contributed by atoms with van der Waals surface area (Å²) in [5.41, 5.74) is 0.338. The van der Waals surface area contributed by atoms with Crippen LogP contribution in [0.15, 0.2) is 24.3 Å². The van der Waals surface area contributed by atoms with Crippen LogP contribution >= 0.6 is 0 Å². The van der Waals surface area contributed by atoms with Gasteiger partial charge >= 0.3 is 0 Å². The maximum Gasteiger partial charge on any atom is 0.271 e. The Morgan fingerprint density at radius 3 is 2.78 bits per heavy atom. The van der Waals surface area contributed by atoms with Gasteiger partial charge in [-0.05, 0) is 19.4 Å². The molecular formula is C12H16N2O4. The molecule has 0 spiro atoms. The van der Waals surface area contributed by atoms with Gasteiger partial charge in [-0.2, -0.15) is 0 Å². The third kappa shape index (κ3) is 3.81. The smallest absolute Gasteiger partial charge is 0.271 e. The van der Waals surface area contributed by atoms with Gasteiger partial charge in [0.25, 0.3) is 11.6 Å². The molecule has 0 aliphatic carbocycles. The Morgan fingerprint density at radius 1 is 1.50 bits per heavy atom. The van der Waals surface area contributed by atoms with Gasteiger partial charge in [0.1, 0.15) is 6.10 Å². The van der Waals surface area contributed by atoms with Crippen LogP contribution in [0, 0.1) is 10.1 Å². The Kier molecular flexibility index (Phi) is 5.26. The Hall–Kier alpha value is -1.95. The SMILES string of the molecule is CCOC(CC)C(=O)Nc1cccc([N+](=O)[O-])c1. The Bertz CT molecular complexity index is 434. The third-order valence-electron chi connectivity index (χ3n) is 2.36. The van der Waals surface area contributed by atoms with Crippen LogP contribution in [-0.4, -0.2) is 23.5 Å². The highest BCUT2D eigenvalue weighted by Gasteiger charge is 2.17. The number of non-ortho nitro benzene ring substituents is 1. The molecular weight excluding hydrogens is 236 g/mol. The topological polar surface area (TPSA) is 81.5 Å². The molecule has 18 heavy (non-hydrogen) atoms. The number of benzene rings is 1. The molecule has 0 saturated heterocycles. The highest BCUT2D eigenvalue weighted by molar-refractivity contribution is 5.94. The number of nitrogens with zero attached hydrogens (tertiary/aromatic N) is 1. The molecule has 0 fully saturated rings. The monoisotopic (exact) mass is 252 g/mol. The number of anilines is 1. The van der Waals surface area contributed by atoms with Crippen molar-refractivity contribution in [1.29, 1.82) is 0 Å². The van der Waals surface area contributed by atoms with Crippen LogP contribution in [0.5, 0.6) is 0 Å². The molecule has 0 aliphatic heterocycles. The summed E-state index contributed by atoms with van der Waals surface area (Å²) in [4.78, 5) is 21.9. The first-order chi connectivity index (χ1) is 8.58. The van der Waals surface area contributed by atoms with Crippen molar-refractivity contribution in [2.75, 3.05) is 11.9 Å². The summed E-state index contributed by atoms with van der Waals surface area (Å²) < 4.78 is 5.26. The van der Waals surface area contributed by atoms with Crippen LogP contribution in [-0.2, 0) is 9.53 Å². The van der Waals surface area contributed by atoms with Crippen molar-refractivity contribution in [2.24, 2.45) is 0 Å². The maximum absolute atomic E-state index is 11.8. The van der Waals surface area contributed by atoms with E-state index in [-0.39, 0.29) is 11.6 Å². The van der Waals surface area contributed by atoms with Crippen LogP contribution in [0.25, 0.3) is 0 Å². The van der Waals surface area contributed by atoms with Crippen LogP contribution in [0.4, 0.5) is 11.4 Å². The average molecular weight is 252 g/mol. The van der Waals surface area contributed by atoms with Gasteiger partial charge in [0.05, 0.1) is 4.92 Å². The third-order valence-corrected chi connectivity index (χ3v) is 2.36. The van der Waals surface area contributed by atoms with Crippen molar-refractivity contribution in [1.82, 2.24) is 0 Å². The van der Waals surface area contributed by atoms with E-state index in [0.29, 0.717) is 18.7 Å². The van der Waals surface area contributed by atoms with E-state index < -0.39 is 11.0 Å². The van der Waals surface area contributed by atoms with Crippen molar-refractivity contribution in [3.63, 3.8) is 0 Å². The summed E-state index contributed by atoms with van der Waals surface area (Å²) >= 11 is 0. The summed E-state index contributed by atoms with van der Waals surface area (Å²) in [6, 6.07) is 5.81. The summed E-state index contributed by atoms with van der Waals surface area (Å²) in [7, 11) is 0. The first kappa shape index (κ1) is 14.1. The fraction of sp³-hybridized carbons (Fsp3) is 0.417. The second-order valence-electron chi connectivity index (χ2n) is 3.65. The van der Waals surface area contributed by atoms with E-state index >= 15 is 0 Å². The van der Waals surface area contributed by atoms with Gasteiger partial charge in [0.15, 0.2) is 0 Å². The van der Waals surface area contributed by atoms with Gasteiger partial charge in [-0.1, -0.05) is 13.0 Å². The average Bonchev–Trinajstić information content (AvgIpc) is 2.36. The van der Waals surface area contributed by atoms with Crippen LogP contribution in [0.1, 0.15) is 20.3 Å². The molecule has 6 nitrogen and oxygen atoms in total. The molecule has 1 amide bonds. The van der Waals surface area contributed by atoms with E-state index in [1.54, 1.807) is 6.07 Å². The number of hydrogen-bond acceptors (Lipinski definition) is 4. The molecule has 98 valence electrons. The van der Waals surface area contributed by atoms with E-state index in [0.717, 1.165) is 0 Å². The largest absolute Gasteiger partial charge is 0.369 e. The molecule has 0 radical (unpaired) electrons. The molecule has 0 saturated carbocycles. The molecule has 1 aromatic carbocycles. The number of nitro groups is 1. The Morgan fingerprint density at radius 2 is 2.22 bits per heavy atom. The minimum Gasteiger partial charge on any atom is -0.369 e. The first-order valence-corrected chi connectivity index (χ1v) is 5.75. The number of ether oxygens (including phenoxy) is 1. The number of nitrogens with one attached hydrogen (secondary N) is 1.